The summed E-state index contributed by atoms with van der Waals surface area (Å²) >= 11 is 0. The zero-order valence-corrected chi connectivity index (χ0v) is 14.9. The van der Waals surface area contributed by atoms with Gasteiger partial charge in [-0.25, -0.2) is 0 Å². The van der Waals surface area contributed by atoms with Gasteiger partial charge in [-0.15, -0.1) is 0 Å². The second-order valence-corrected chi connectivity index (χ2v) is 5.95. The van der Waals surface area contributed by atoms with Crippen molar-refractivity contribution in [2.75, 3.05) is 25.0 Å². The predicted molar refractivity (Wildman–Crippen MR) is 96.4 cm³/mol. The van der Waals surface area contributed by atoms with Gasteiger partial charge in [-0.05, 0) is 25.8 Å². The van der Waals surface area contributed by atoms with Crippen LogP contribution in [0.3, 0.4) is 0 Å². The number of carbonyl (C=O) groups is 2. The Labute approximate surface area is 156 Å². The summed E-state index contributed by atoms with van der Waals surface area (Å²) in [6, 6.07) is 7.53. The molecule has 2 rings (SSSR count). The molecule has 0 aliphatic carbocycles. The van der Waals surface area contributed by atoms with E-state index in [1.165, 1.54) is 24.4 Å². The first kappa shape index (κ1) is 19.9. The monoisotopic (exact) mass is 372 g/mol. The van der Waals surface area contributed by atoms with Gasteiger partial charge in [-0.1, -0.05) is 12.1 Å². The maximum Gasteiger partial charge on any atom is 0.309 e. The second kappa shape index (κ2) is 9.33. The maximum absolute atomic E-state index is 12.3. The number of rotatable bonds is 6. The number of para-hydroxylation sites is 2. The Balaban J connectivity index is 2.03. The molecule has 0 atom stereocenters. The smallest absolute Gasteiger partial charge is 0.309 e. The molecule has 9 nitrogen and oxygen atoms in total. The van der Waals surface area contributed by atoms with Gasteiger partial charge in [0.25, 0.3) is 11.6 Å². The van der Waals surface area contributed by atoms with Gasteiger partial charge in [0.1, 0.15) is 17.3 Å². The lowest BCUT2D eigenvalue weighted by Gasteiger charge is -2.30. The van der Waals surface area contributed by atoms with Gasteiger partial charge >= 0.3 is 5.97 Å². The third-order valence-electron chi connectivity index (χ3n) is 4.18. The van der Waals surface area contributed by atoms with E-state index < -0.39 is 10.8 Å². The van der Waals surface area contributed by atoms with Gasteiger partial charge in [0.2, 0.25) is 0 Å². The molecule has 1 fully saturated rings. The molecule has 1 aromatic carbocycles. The minimum absolute atomic E-state index is 0.0228. The molecule has 1 saturated heterocycles. The van der Waals surface area contributed by atoms with Gasteiger partial charge in [-0.3, -0.25) is 19.7 Å². The molecule has 0 radical (unpaired) electrons. The van der Waals surface area contributed by atoms with Crippen molar-refractivity contribution in [1.82, 2.24) is 4.90 Å². The average Bonchev–Trinajstić information content (AvgIpc) is 2.67. The van der Waals surface area contributed by atoms with Crippen LogP contribution in [0.15, 0.2) is 36.0 Å². The molecule has 1 aromatic rings. The van der Waals surface area contributed by atoms with Gasteiger partial charge in [0, 0.05) is 25.4 Å². The summed E-state index contributed by atoms with van der Waals surface area (Å²) in [5.74, 6) is -1.13. The molecule has 1 aliphatic heterocycles. The van der Waals surface area contributed by atoms with Crippen LogP contribution < -0.4 is 5.32 Å². The van der Waals surface area contributed by atoms with Crippen molar-refractivity contribution in [3.8, 4) is 6.07 Å². The molecule has 0 spiro atoms. The summed E-state index contributed by atoms with van der Waals surface area (Å²) in [4.78, 5) is 36.3. The molecule has 0 bridgehead atoms. The van der Waals surface area contributed by atoms with Crippen molar-refractivity contribution in [2.45, 2.75) is 19.8 Å². The first-order valence-electron chi connectivity index (χ1n) is 8.53. The molecular weight excluding hydrogens is 352 g/mol. The third kappa shape index (κ3) is 5.28. The summed E-state index contributed by atoms with van der Waals surface area (Å²) < 4.78 is 5.01. The minimum Gasteiger partial charge on any atom is -0.466 e. The van der Waals surface area contributed by atoms with Gasteiger partial charge < -0.3 is 15.0 Å². The summed E-state index contributed by atoms with van der Waals surface area (Å²) in [7, 11) is 0. The molecule has 1 N–H and O–H groups in total. The third-order valence-corrected chi connectivity index (χ3v) is 4.18. The quantitative estimate of drug-likeness (QED) is 0.267. The Hall–Kier alpha value is -3.41. The number of likely N-dealkylation sites (tertiary alicyclic amines) is 1. The molecule has 0 aromatic heterocycles. The van der Waals surface area contributed by atoms with Crippen LogP contribution in [0.2, 0.25) is 0 Å². The number of nitriles is 1. The Morgan fingerprint density at radius 1 is 1.41 bits per heavy atom. The standard InChI is InChI=1S/C18H20N4O5/c1-2-27-18(24)13-7-9-21(10-8-13)12-14(11-19)17(23)20-15-5-3-4-6-16(15)22(25)26/h3-6,12-13H,2,7-10H2,1H3,(H,20,23)/b14-12-. The van der Waals surface area contributed by atoms with Crippen molar-refractivity contribution in [2.24, 2.45) is 5.92 Å². The average molecular weight is 372 g/mol. The molecule has 1 heterocycles. The van der Waals surface area contributed by atoms with E-state index in [-0.39, 0.29) is 28.8 Å². The van der Waals surface area contributed by atoms with Gasteiger partial charge in [0.05, 0.1) is 17.4 Å². The van der Waals surface area contributed by atoms with Gasteiger partial charge in [0.15, 0.2) is 0 Å². The van der Waals surface area contributed by atoms with Crippen molar-refractivity contribution < 1.29 is 19.2 Å². The summed E-state index contributed by atoms with van der Waals surface area (Å²) in [5, 5.41) is 22.7. The lowest BCUT2D eigenvalue weighted by Crippen LogP contribution is -2.34. The lowest BCUT2D eigenvalue weighted by molar-refractivity contribution is -0.383. The summed E-state index contributed by atoms with van der Waals surface area (Å²) in [5.41, 5.74) is -0.393. The Bertz CT molecular complexity index is 791. The number of nitro benzene ring substituents is 1. The van der Waals surface area contributed by atoms with Crippen molar-refractivity contribution >= 4 is 23.3 Å². The van der Waals surface area contributed by atoms with E-state index in [2.05, 4.69) is 5.32 Å². The lowest BCUT2D eigenvalue weighted by atomic mass is 9.97. The summed E-state index contributed by atoms with van der Waals surface area (Å²) in [6.07, 6.45) is 2.56. The van der Waals surface area contributed by atoms with Crippen molar-refractivity contribution in [3.63, 3.8) is 0 Å². The first-order chi connectivity index (χ1) is 13.0. The first-order valence-corrected chi connectivity index (χ1v) is 8.53. The van der Waals surface area contributed by atoms with Crippen LogP contribution in [-0.2, 0) is 14.3 Å². The van der Waals surface area contributed by atoms with E-state index >= 15 is 0 Å². The number of nitrogens with one attached hydrogen (secondary N) is 1. The van der Waals surface area contributed by atoms with Crippen LogP contribution >= 0.6 is 0 Å². The summed E-state index contributed by atoms with van der Waals surface area (Å²) in [6.45, 7) is 3.11. The molecular formula is C18H20N4O5. The molecule has 27 heavy (non-hydrogen) atoms. The fourth-order valence-corrected chi connectivity index (χ4v) is 2.77. The number of piperidine rings is 1. The number of esters is 1. The van der Waals surface area contributed by atoms with E-state index in [1.807, 2.05) is 6.07 Å². The van der Waals surface area contributed by atoms with E-state index in [4.69, 9.17) is 4.74 Å². The van der Waals surface area contributed by atoms with Crippen molar-refractivity contribution in [1.29, 1.82) is 5.26 Å². The van der Waals surface area contributed by atoms with E-state index in [1.54, 1.807) is 17.9 Å². The SMILES string of the molecule is CCOC(=O)C1CCN(/C=C(/C#N)C(=O)Nc2ccccc2[N+](=O)[O-])CC1. The maximum atomic E-state index is 12.3. The number of hydrogen-bond acceptors (Lipinski definition) is 7. The molecule has 142 valence electrons. The number of nitro groups is 1. The highest BCUT2D eigenvalue weighted by atomic mass is 16.6. The Morgan fingerprint density at radius 2 is 2.07 bits per heavy atom. The van der Waals surface area contributed by atoms with Crippen LogP contribution in [0.5, 0.6) is 0 Å². The number of hydrogen-bond donors (Lipinski definition) is 1. The number of amides is 1. The molecule has 1 aliphatic rings. The fourth-order valence-electron chi connectivity index (χ4n) is 2.77. The second-order valence-electron chi connectivity index (χ2n) is 5.95. The largest absolute Gasteiger partial charge is 0.466 e. The van der Waals surface area contributed by atoms with Crippen LogP contribution in [0, 0.1) is 27.4 Å². The Morgan fingerprint density at radius 3 is 2.67 bits per heavy atom. The molecule has 0 unspecified atom stereocenters. The van der Waals surface area contributed by atoms with Crippen LogP contribution in [0.1, 0.15) is 19.8 Å². The highest BCUT2D eigenvalue weighted by Crippen LogP contribution is 2.24. The van der Waals surface area contributed by atoms with Crippen LogP contribution in [0.25, 0.3) is 0 Å². The van der Waals surface area contributed by atoms with E-state index in [0.29, 0.717) is 32.5 Å². The predicted octanol–water partition coefficient (Wildman–Crippen LogP) is 2.22. The fraction of sp³-hybridized carbons (Fsp3) is 0.389. The molecule has 0 saturated carbocycles. The van der Waals surface area contributed by atoms with Crippen LogP contribution in [-0.4, -0.2) is 41.4 Å². The topological polar surface area (TPSA) is 126 Å². The van der Waals surface area contributed by atoms with E-state index in [0.717, 1.165) is 0 Å². The number of ether oxygens (including phenoxy) is 1. The number of carbonyl (C=O) groups excluding carboxylic acids is 2. The van der Waals surface area contributed by atoms with Crippen LogP contribution in [0.4, 0.5) is 11.4 Å². The van der Waals surface area contributed by atoms with Crippen molar-refractivity contribution in [3.05, 3.63) is 46.2 Å². The van der Waals surface area contributed by atoms with E-state index in [9.17, 15) is 25.0 Å². The minimum atomic E-state index is -0.723. The number of benzene rings is 1. The molecule has 1 amide bonds. The zero-order valence-electron chi connectivity index (χ0n) is 14.9. The van der Waals surface area contributed by atoms with Gasteiger partial charge in [-0.2, -0.15) is 5.26 Å². The Kier molecular flexibility index (Phi) is 6.88. The number of nitrogens with zero attached hydrogens (tertiary/aromatic N) is 3. The normalized spacial score (nSPS) is 15.0. The number of anilines is 1. The highest BCUT2D eigenvalue weighted by Gasteiger charge is 2.26. The zero-order chi connectivity index (χ0) is 19.8. The molecule has 9 heteroatoms. The highest BCUT2D eigenvalue weighted by molar-refractivity contribution is 6.07.